The van der Waals surface area contributed by atoms with Gasteiger partial charge < -0.3 is 14.4 Å². The highest BCUT2D eigenvalue weighted by atomic mass is 16.5. The van der Waals surface area contributed by atoms with Gasteiger partial charge in [0, 0.05) is 32.0 Å². The highest BCUT2D eigenvalue weighted by molar-refractivity contribution is 5.77. The Morgan fingerprint density at radius 1 is 1.56 bits per heavy atom. The van der Waals surface area contributed by atoms with Crippen molar-refractivity contribution in [3.63, 3.8) is 0 Å². The molecule has 0 spiro atoms. The quantitative estimate of drug-likeness (QED) is 0.762. The molecule has 1 aromatic rings. The normalized spacial score (nSPS) is 18.9. The van der Waals surface area contributed by atoms with Crippen LogP contribution in [0.2, 0.25) is 0 Å². The Hall–Kier alpha value is -1.69. The van der Waals surface area contributed by atoms with E-state index >= 15 is 0 Å². The lowest BCUT2D eigenvalue weighted by Crippen LogP contribution is -2.33. The summed E-state index contributed by atoms with van der Waals surface area (Å²) in [5.41, 5.74) is 0. The molecule has 6 heteroatoms. The van der Waals surface area contributed by atoms with Gasteiger partial charge in [0.1, 0.15) is 12.7 Å². The molecule has 2 heterocycles. The van der Waals surface area contributed by atoms with Crippen LogP contribution in [0.5, 0.6) is 5.88 Å². The fraction of sp³-hybridized carbons (Fsp3) is 0.583. The fourth-order valence-corrected chi connectivity index (χ4v) is 1.85. The van der Waals surface area contributed by atoms with Crippen LogP contribution in [0, 0.1) is 0 Å². The molecule has 0 aromatic carbocycles. The first-order valence-corrected chi connectivity index (χ1v) is 6.07. The van der Waals surface area contributed by atoms with Gasteiger partial charge in [-0.3, -0.25) is 9.78 Å². The van der Waals surface area contributed by atoms with Crippen molar-refractivity contribution in [3.05, 3.63) is 18.6 Å². The Balaban J connectivity index is 1.80. The molecule has 0 unspecified atom stereocenters. The van der Waals surface area contributed by atoms with Crippen molar-refractivity contribution in [2.24, 2.45) is 0 Å². The number of carbonyl (C=O) groups excluding carboxylic acids is 1. The molecule has 6 nitrogen and oxygen atoms in total. The van der Waals surface area contributed by atoms with Crippen LogP contribution in [0.15, 0.2) is 18.6 Å². The minimum atomic E-state index is -0.00715. The summed E-state index contributed by atoms with van der Waals surface area (Å²) in [6.45, 7) is 3.87. The van der Waals surface area contributed by atoms with E-state index in [9.17, 15) is 4.79 Å². The van der Waals surface area contributed by atoms with Crippen LogP contribution in [-0.4, -0.2) is 53.2 Å². The second-order valence-electron chi connectivity index (χ2n) is 4.05. The van der Waals surface area contributed by atoms with E-state index in [4.69, 9.17) is 9.47 Å². The van der Waals surface area contributed by atoms with Gasteiger partial charge in [-0.15, -0.1) is 0 Å². The van der Waals surface area contributed by atoms with Crippen molar-refractivity contribution >= 4 is 5.91 Å². The van der Waals surface area contributed by atoms with Crippen molar-refractivity contribution in [3.8, 4) is 5.88 Å². The van der Waals surface area contributed by atoms with E-state index in [1.165, 1.54) is 0 Å². The standard InChI is InChI=1S/C12H17N3O3/c1-2-17-9-12(16)15-6-3-10(8-15)18-11-7-13-4-5-14-11/h4-5,7,10H,2-3,6,8-9H2,1H3/t10-/m1/s1. The summed E-state index contributed by atoms with van der Waals surface area (Å²) in [7, 11) is 0. The molecule has 1 aliphatic rings. The molecule has 0 aliphatic carbocycles. The SMILES string of the molecule is CCOCC(=O)N1CC[C@@H](Oc2cnccn2)C1. The first-order valence-electron chi connectivity index (χ1n) is 6.07. The summed E-state index contributed by atoms with van der Waals surface area (Å²) in [5, 5.41) is 0. The zero-order valence-corrected chi connectivity index (χ0v) is 10.4. The van der Waals surface area contributed by atoms with Crippen molar-refractivity contribution < 1.29 is 14.3 Å². The predicted octanol–water partition coefficient (Wildman–Crippen LogP) is 0.493. The van der Waals surface area contributed by atoms with Crippen LogP contribution in [0.3, 0.4) is 0 Å². The molecular formula is C12H17N3O3. The third-order valence-electron chi connectivity index (χ3n) is 2.75. The van der Waals surface area contributed by atoms with E-state index in [0.29, 0.717) is 25.6 Å². The summed E-state index contributed by atoms with van der Waals surface area (Å²) >= 11 is 0. The monoisotopic (exact) mass is 251 g/mol. The molecule has 98 valence electrons. The first-order chi connectivity index (χ1) is 8.79. The Labute approximate surface area is 106 Å². The van der Waals surface area contributed by atoms with Crippen LogP contribution in [0.4, 0.5) is 0 Å². The zero-order valence-electron chi connectivity index (χ0n) is 10.4. The van der Waals surface area contributed by atoms with E-state index in [1.54, 1.807) is 23.5 Å². The number of hydrogen-bond donors (Lipinski definition) is 0. The second-order valence-corrected chi connectivity index (χ2v) is 4.05. The lowest BCUT2D eigenvalue weighted by atomic mass is 10.3. The molecule has 1 aliphatic heterocycles. The molecule has 1 amide bonds. The van der Waals surface area contributed by atoms with Crippen LogP contribution >= 0.6 is 0 Å². The number of aromatic nitrogens is 2. The van der Waals surface area contributed by atoms with Crippen LogP contribution in [0.1, 0.15) is 13.3 Å². The fourth-order valence-electron chi connectivity index (χ4n) is 1.85. The van der Waals surface area contributed by atoms with Crippen LogP contribution in [-0.2, 0) is 9.53 Å². The van der Waals surface area contributed by atoms with E-state index < -0.39 is 0 Å². The van der Waals surface area contributed by atoms with Gasteiger partial charge >= 0.3 is 0 Å². The van der Waals surface area contributed by atoms with Gasteiger partial charge in [-0.05, 0) is 6.92 Å². The average molecular weight is 251 g/mol. The van der Waals surface area contributed by atoms with Crippen LogP contribution in [0.25, 0.3) is 0 Å². The molecular weight excluding hydrogens is 234 g/mol. The summed E-state index contributed by atoms with van der Waals surface area (Å²) < 4.78 is 10.8. The van der Waals surface area contributed by atoms with Crippen molar-refractivity contribution in [1.82, 2.24) is 14.9 Å². The topological polar surface area (TPSA) is 64.5 Å². The second kappa shape index (κ2) is 6.30. The van der Waals surface area contributed by atoms with Crippen molar-refractivity contribution in [2.45, 2.75) is 19.4 Å². The number of likely N-dealkylation sites (tertiary alicyclic amines) is 1. The Morgan fingerprint density at radius 2 is 2.44 bits per heavy atom. The summed E-state index contributed by atoms with van der Waals surface area (Å²) in [6, 6.07) is 0. The third kappa shape index (κ3) is 3.40. The molecule has 1 saturated heterocycles. The maximum Gasteiger partial charge on any atom is 0.248 e. The van der Waals surface area contributed by atoms with Gasteiger partial charge in [0.15, 0.2) is 0 Å². The highest BCUT2D eigenvalue weighted by Gasteiger charge is 2.27. The van der Waals surface area contributed by atoms with Gasteiger partial charge in [0.25, 0.3) is 0 Å². The van der Waals surface area contributed by atoms with Gasteiger partial charge in [-0.25, -0.2) is 4.98 Å². The van der Waals surface area contributed by atoms with Crippen LogP contribution < -0.4 is 4.74 Å². The van der Waals surface area contributed by atoms with E-state index in [0.717, 1.165) is 6.42 Å². The summed E-state index contributed by atoms with van der Waals surface area (Å²) in [6.07, 6.45) is 5.56. The molecule has 0 radical (unpaired) electrons. The molecule has 0 saturated carbocycles. The number of hydrogen-bond acceptors (Lipinski definition) is 5. The van der Waals surface area contributed by atoms with Gasteiger partial charge in [0.2, 0.25) is 11.8 Å². The highest BCUT2D eigenvalue weighted by Crippen LogP contribution is 2.15. The zero-order chi connectivity index (χ0) is 12.8. The number of nitrogens with zero attached hydrogens (tertiary/aromatic N) is 3. The third-order valence-corrected chi connectivity index (χ3v) is 2.75. The van der Waals surface area contributed by atoms with Gasteiger partial charge in [-0.2, -0.15) is 0 Å². The average Bonchev–Trinajstić information content (AvgIpc) is 2.86. The van der Waals surface area contributed by atoms with Crippen molar-refractivity contribution in [2.75, 3.05) is 26.3 Å². The molecule has 1 atom stereocenters. The number of rotatable bonds is 5. The Kier molecular flexibility index (Phi) is 4.46. The first kappa shape index (κ1) is 12.8. The lowest BCUT2D eigenvalue weighted by molar-refractivity contribution is -0.135. The molecule has 0 bridgehead atoms. The Morgan fingerprint density at radius 3 is 3.17 bits per heavy atom. The molecule has 1 fully saturated rings. The van der Waals surface area contributed by atoms with Gasteiger partial charge in [-0.1, -0.05) is 0 Å². The van der Waals surface area contributed by atoms with Crippen molar-refractivity contribution in [1.29, 1.82) is 0 Å². The van der Waals surface area contributed by atoms with Gasteiger partial charge in [0.05, 0.1) is 12.7 Å². The van der Waals surface area contributed by atoms with E-state index in [-0.39, 0.29) is 18.6 Å². The summed E-state index contributed by atoms with van der Waals surface area (Å²) in [4.78, 5) is 21.5. The number of carbonyl (C=O) groups is 1. The molecule has 18 heavy (non-hydrogen) atoms. The lowest BCUT2D eigenvalue weighted by Gasteiger charge is -2.16. The number of ether oxygens (including phenoxy) is 2. The van der Waals surface area contributed by atoms with E-state index in [2.05, 4.69) is 9.97 Å². The largest absolute Gasteiger partial charge is 0.471 e. The molecule has 0 N–H and O–H groups in total. The maximum atomic E-state index is 11.7. The summed E-state index contributed by atoms with van der Waals surface area (Å²) in [5.74, 6) is 0.517. The maximum absolute atomic E-state index is 11.7. The smallest absolute Gasteiger partial charge is 0.248 e. The molecule has 2 rings (SSSR count). The minimum absolute atomic E-state index is 0.00715. The Bertz CT molecular complexity index is 385. The number of amides is 1. The molecule has 1 aromatic heterocycles. The predicted molar refractivity (Wildman–Crippen MR) is 64.1 cm³/mol. The van der Waals surface area contributed by atoms with E-state index in [1.807, 2.05) is 6.92 Å². The minimum Gasteiger partial charge on any atom is -0.471 e.